The average molecular weight is 364 g/mol. The van der Waals surface area contributed by atoms with Crippen LogP contribution in [0.2, 0.25) is 0 Å². The Bertz CT molecular complexity index is 947. The van der Waals surface area contributed by atoms with Crippen molar-refractivity contribution in [2.45, 2.75) is 33.2 Å². The maximum atomic E-state index is 12.7. The second kappa shape index (κ2) is 8.49. The number of hydrogen-bond acceptors (Lipinski definition) is 3. The number of benzene rings is 1. The molecule has 3 aromatic rings. The Morgan fingerprint density at radius 2 is 2.00 bits per heavy atom. The highest BCUT2D eigenvalue weighted by Crippen LogP contribution is 2.24. The maximum absolute atomic E-state index is 12.7. The summed E-state index contributed by atoms with van der Waals surface area (Å²) in [6.07, 6.45) is 3.36. The van der Waals surface area contributed by atoms with E-state index >= 15 is 0 Å². The molecule has 0 aliphatic rings. The molecule has 2 aromatic heterocycles. The number of hydrogen-bond donors (Lipinski definition) is 2. The van der Waals surface area contributed by atoms with Crippen LogP contribution >= 0.6 is 0 Å². The largest absolute Gasteiger partial charge is 0.350 e. The molecule has 0 saturated carbocycles. The van der Waals surface area contributed by atoms with E-state index in [1.807, 2.05) is 47.0 Å². The fraction of sp³-hybridized carbons (Fsp3) is 0.286. The summed E-state index contributed by atoms with van der Waals surface area (Å²) in [6, 6.07) is 13.3. The number of amides is 2. The van der Waals surface area contributed by atoms with Crippen molar-refractivity contribution in [3.8, 4) is 0 Å². The summed E-state index contributed by atoms with van der Waals surface area (Å²) in [4.78, 5) is 28.3. The van der Waals surface area contributed by atoms with Gasteiger partial charge in [-0.2, -0.15) is 0 Å². The molecule has 0 bridgehead atoms. The molecule has 2 N–H and O–H groups in total. The molecule has 3 rings (SSSR count). The van der Waals surface area contributed by atoms with Crippen molar-refractivity contribution < 1.29 is 9.59 Å². The van der Waals surface area contributed by atoms with Crippen LogP contribution in [0.3, 0.4) is 0 Å². The highest BCUT2D eigenvalue weighted by Gasteiger charge is 2.15. The Kier molecular flexibility index (Phi) is 5.86. The summed E-state index contributed by atoms with van der Waals surface area (Å²) < 4.78 is 2.03. The van der Waals surface area contributed by atoms with Crippen molar-refractivity contribution in [1.29, 1.82) is 0 Å². The molecule has 2 amide bonds. The van der Waals surface area contributed by atoms with E-state index in [1.165, 1.54) is 6.92 Å². The number of rotatable bonds is 7. The fourth-order valence-corrected chi connectivity index (χ4v) is 3.15. The van der Waals surface area contributed by atoms with Crippen LogP contribution in [0.5, 0.6) is 0 Å². The van der Waals surface area contributed by atoms with Crippen LogP contribution in [-0.2, 0) is 17.8 Å². The van der Waals surface area contributed by atoms with Gasteiger partial charge in [-0.25, -0.2) is 0 Å². The van der Waals surface area contributed by atoms with E-state index in [9.17, 15) is 9.59 Å². The molecule has 0 fully saturated rings. The van der Waals surface area contributed by atoms with E-state index in [1.54, 1.807) is 6.20 Å². The molecule has 0 aliphatic carbocycles. The summed E-state index contributed by atoms with van der Waals surface area (Å²) in [5, 5.41) is 6.70. The normalized spacial score (nSPS) is 10.7. The molecular weight excluding hydrogens is 340 g/mol. The third-order valence-electron chi connectivity index (χ3n) is 4.29. The average Bonchev–Trinajstić information content (AvgIpc) is 3.00. The van der Waals surface area contributed by atoms with Gasteiger partial charge in [-0.05, 0) is 42.8 Å². The predicted octanol–water partition coefficient (Wildman–Crippen LogP) is 3.38. The molecule has 0 spiro atoms. The van der Waals surface area contributed by atoms with Crippen molar-refractivity contribution in [3.63, 3.8) is 0 Å². The van der Waals surface area contributed by atoms with Gasteiger partial charge in [-0.15, -0.1) is 0 Å². The van der Waals surface area contributed by atoms with Gasteiger partial charge in [0.1, 0.15) is 5.69 Å². The number of nitrogens with one attached hydrogen (secondary N) is 2. The predicted molar refractivity (Wildman–Crippen MR) is 107 cm³/mol. The zero-order chi connectivity index (χ0) is 19.2. The third-order valence-corrected chi connectivity index (χ3v) is 4.29. The lowest BCUT2D eigenvalue weighted by atomic mass is 10.2. The Hall–Kier alpha value is -3.15. The van der Waals surface area contributed by atoms with E-state index in [0.717, 1.165) is 35.2 Å². The number of nitrogens with zero attached hydrogens (tertiary/aromatic N) is 2. The zero-order valence-corrected chi connectivity index (χ0v) is 15.7. The number of fused-ring (bicyclic) bond motifs is 1. The molecule has 140 valence electrons. The Morgan fingerprint density at radius 3 is 2.70 bits per heavy atom. The molecule has 27 heavy (non-hydrogen) atoms. The summed E-state index contributed by atoms with van der Waals surface area (Å²) in [5.74, 6) is -0.216. The van der Waals surface area contributed by atoms with Gasteiger partial charge in [0, 0.05) is 54.9 Å². The van der Waals surface area contributed by atoms with E-state index in [4.69, 9.17) is 0 Å². The van der Waals surface area contributed by atoms with Gasteiger partial charge in [0.15, 0.2) is 0 Å². The molecule has 6 nitrogen and oxygen atoms in total. The number of aryl methyl sites for hydroxylation is 1. The lowest BCUT2D eigenvalue weighted by Crippen LogP contribution is -2.28. The van der Waals surface area contributed by atoms with Gasteiger partial charge >= 0.3 is 0 Å². The standard InChI is InChI=1S/C21H24N4O2/c1-3-12-25-19-8-7-18(24-15(2)26)13-16(19)14-20(25)21(27)23-11-9-17-6-4-5-10-22-17/h4-8,10,13-14H,3,9,11-12H2,1-2H3,(H,23,27)(H,24,26). The minimum atomic E-state index is -0.116. The van der Waals surface area contributed by atoms with Crippen molar-refractivity contribution in [1.82, 2.24) is 14.9 Å². The minimum Gasteiger partial charge on any atom is -0.350 e. The number of aromatic nitrogens is 2. The third kappa shape index (κ3) is 4.53. The summed E-state index contributed by atoms with van der Waals surface area (Å²) in [7, 11) is 0. The molecule has 0 unspecified atom stereocenters. The highest BCUT2D eigenvalue weighted by molar-refractivity contribution is 6.00. The van der Waals surface area contributed by atoms with Crippen LogP contribution in [0.1, 0.15) is 36.5 Å². The number of carbonyl (C=O) groups excluding carboxylic acids is 2. The fourth-order valence-electron chi connectivity index (χ4n) is 3.15. The molecule has 2 heterocycles. The molecule has 6 heteroatoms. The minimum absolute atomic E-state index is 0.100. The Morgan fingerprint density at radius 1 is 1.15 bits per heavy atom. The maximum Gasteiger partial charge on any atom is 0.267 e. The van der Waals surface area contributed by atoms with E-state index in [2.05, 4.69) is 22.5 Å². The smallest absolute Gasteiger partial charge is 0.267 e. The van der Waals surface area contributed by atoms with Gasteiger partial charge in [-0.1, -0.05) is 13.0 Å². The quantitative estimate of drug-likeness (QED) is 0.675. The van der Waals surface area contributed by atoms with Crippen molar-refractivity contribution in [2.24, 2.45) is 0 Å². The van der Waals surface area contributed by atoms with Gasteiger partial charge in [0.25, 0.3) is 5.91 Å². The van der Waals surface area contributed by atoms with Crippen molar-refractivity contribution in [3.05, 3.63) is 60.0 Å². The lowest BCUT2D eigenvalue weighted by Gasteiger charge is -2.10. The van der Waals surface area contributed by atoms with E-state index in [-0.39, 0.29) is 11.8 Å². The van der Waals surface area contributed by atoms with E-state index < -0.39 is 0 Å². The molecule has 1 aromatic carbocycles. The summed E-state index contributed by atoms with van der Waals surface area (Å²) in [6.45, 7) is 4.85. The highest BCUT2D eigenvalue weighted by atomic mass is 16.2. The number of carbonyl (C=O) groups is 2. The van der Waals surface area contributed by atoms with E-state index in [0.29, 0.717) is 18.7 Å². The first-order valence-corrected chi connectivity index (χ1v) is 9.17. The molecule has 0 atom stereocenters. The van der Waals surface area contributed by atoms with Crippen LogP contribution in [0.25, 0.3) is 10.9 Å². The molecule has 0 saturated heterocycles. The zero-order valence-electron chi connectivity index (χ0n) is 15.7. The van der Waals surface area contributed by atoms with Crippen LogP contribution in [0.4, 0.5) is 5.69 Å². The van der Waals surface area contributed by atoms with Crippen LogP contribution in [0.15, 0.2) is 48.7 Å². The first-order valence-electron chi connectivity index (χ1n) is 9.17. The molecular formula is C21H24N4O2. The summed E-state index contributed by atoms with van der Waals surface area (Å²) in [5.41, 5.74) is 3.30. The van der Waals surface area contributed by atoms with Crippen molar-refractivity contribution >= 4 is 28.4 Å². The monoisotopic (exact) mass is 364 g/mol. The lowest BCUT2D eigenvalue weighted by molar-refractivity contribution is -0.114. The van der Waals surface area contributed by atoms with Gasteiger partial charge in [0.2, 0.25) is 5.91 Å². The number of anilines is 1. The first kappa shape index (κ1) is 18.6. The Balaban J connectivity index is 1.79. The van der Waals surface area contributed by atoms with Gasteiger partial charge in [0.05, 0.1) is 0 Å². The van der Waals surface area contributed by atoms with Crippen LogP contribution < -0.4 is 10.6 Å². The van der Waals surface area contributed by atoms with Gasteiger partial charge < -0.3 is 15.2 Å². The second-order valence-electron chi connectivity index (χ2n) is 6.46. The number of pyridine rings is 1. The summed E-state index contributed by atoms with van der Waals surface area (Å²) >= 11 is 0. The second-order valence-corrected chi connectivity index (χ2v) is 6.46. The topological polar surface area (TPSA) is 76.0 Å². The van der Waals surface area contributed by atoms with Crippen LogP contribution in [0, 0.1) is 0 Å². The Labute approximate surface area is 158 Å². The first-order chi connectivity index (χ1) is 13.1. The molecule has 0 radical (unpaired) electrons. The van der Waals surface area contributed by atoms with Gasteiger partial charge in [-0.3, -0.25) is 14.6 Å². The van der Waals surface area contributed by atoms with Crippen LogP contribution in [-0.4, -0.2) is 27.9 Å². The van der Waals surface area contributed by atoms with Crippen molar-refractivity contribution in [2.75, 3.05) is 11.9 Å². The SMILES string of the molecule is CCCn1c(C(=O)NCCc2ccccn2)cc2cc(NC(C)=O)ccc21. The molecule has 0 aliphatic heterocycles.